The molecule has 186 valence electrons. The second kappa shape index (κ2) is 8.99. The number of hydrogen-bond acceptors (Lipinski definition) is 7. The van der Waals surface area contributed by atoms with Crippen LogP contribution < -0.4 is 9.80 Å². The normalized spacial score (nSPS) is 19.4. The molecule has 5 rings (SSSR count). The number of amides is 1. The molecule has 2 fully saturated rings. The van der Waals surface area contributed by atoms with Gasteiger partial charge in [-0.15, -0.1) is 0 Å². The summed E-state index contributed by atoms with van der Waals surface area (Å²) < 4.78 is 7.39. The Bertz CT molecular complexity index is 1230. The maximum atomic E-state index is 11.8. The highest BCUT2D eigenvalue weighted by molar-refractivity contribution is 5.85. The van der Waals surface area contributed by atoms with Crippen LogP contribution in [0.5, 0.6) is 0 Å². The van der Waals surface area contributed by atoms with Gasteiger partial charge in [-0.2, -0.15) is 5.10 Å². The molecule has 0 spiro atoms. The maximum absolute atomic E-state index is 11.8. The third-order valence-corrected chi connectivity index (χ3v) is 7.04. The van der Waals surface area contributed by atoms with Gasteiger partial charge in [0.05, 0.1) is 31.0 Å². The van der Waals surface area contributed by atoms with Crippen molar-refractivity contribution in [3.05, 3.63) is 36.3 Å². The van der Waals surface area contributed by atoms with Crippen LogP contribution in [0.15, 0.2) is 30.7 Å². The number of piperazine rings is 1. The molecule has 1 unspecified atom stereocenters. The number of carbonyl (C=O) groups is 1. The third-order valence-electron chi connectivity index (χ3n) is 7.04. The van der Waals surface area contributed by atoms with Crippen LogP contribution in [0, 0.1) is 12.3 Å². The van der Waals surface area contributed by atoms with Crippen molar-refractivity contribution >= 4 is 28.5 Å². The standard InChI is InChI=1S/C25H33N7O3/c1-17-11-18-14-28-32(20(18)12-19(17)29-7-9-35-10-8-29)23-13-22(26-16-27-23)30-5-6-31(24(33)34)21(15-30)25(2,3)4/h11-14,16,21H,5-10,15H2,1-4H3,(H,33,34). The second-order valence-corrected chi connectivity index (χ2v) is 10.4. The van der Waals surface area contributed by atoms with Crippen molar-refractivity contribution in [1.29, 1.82) is 0 Å². The SMILES string of the molecule is Cc1cc2cnn(-c3cc(N4CCN(C(=O)O)C(C(C)(C)C)C4)ncn3)c2cc1N1CCOCC1. The van der Waals surface area contributed by atoms with Crippen molar-refractivity contribution in [1.82, 2.24) is 24.6 Å². The Morgan fingerprint density at radius 1 is 1.03 bits per heavy atom. The number of rotatable bonds is 3. The molecule has 10 nitrogen and oxygen atoms in total. The minimum absolute atomic E-state index is 0.142. The lowest BCUT2D eigenvalue weighted by Crippen LogP contribution is -2.59. The molecule has 0 saturated carbocycles. The largest absolute Gasteiger partial charge is 0.465 e. The first-order chi connectivity index (χ1) is 16.7. The molecular formula is C25H33N7O3. The summed E-state index contributed by atoms with van der Waals surface area (Å²) in [6.07, 6.45) is 2.56. The monoisotopic (exact) mass is 479 g/mol. The molecule has 2 saturated heterocycles. The molecule has 1 N–H and O–H groups in total. The zero-order valence-electron chi connectivity index (χ0n) is 20.8. The molecule has 35 heavy (non-hydrogen) atoms. The van der Waals surface area contributed by atoms with Crippen molar-refractivity contribution in [2.24, 2.45) is 5.41 Å². The number of anilines is 2. The van der Waals surface area contributed by atoms with Crippen LogP contribution in [0.3, 0.4) is 0 Å². The summed E-state index contributed by atoms with van der Waals surface area (Å²) in [4.78, 5) is 26.9. The molecular weight excluding hydrogens is 446 g/mol. The molecule has 10 heteroatoms. The number of ether oxygens (including phenoxy) is 1. The molecule has 1 atom stereocenters. The minimum Gasteiger partial charge on any atom is -0.465 e. The number of aromatic nitrogens is 4. The highest BCUT2D eigenvalue weighted by atomic mass is 16.5. The summed E-state index contributed by atoms with van der Waals surface area (Å²) in [6, 6.07) is 6.16. The van der Waals surface area contributed by atoms with Gasteiger partial charge in [0.25, 0.3) is 0 Å². The molecule has 1 amide bonds. The minimum atomic E-state index is -0.873. The second-order valence-electron chi connectivity index (χ2n) is 10.4. The Hall–Kier alpha value is -3.40. The smallest absolute Gasteiger partial charge is 0.407 e. The summed E-state index contributed by atoms with van der Waals surface area (Å²) in [5.74, 6) is 1.47. The summed E-state index contributed by atoms with van der Waals surface area (Å²) in [5, 5.41) is 15.4. The van der Waals surface area contributed by atoms with Gasteiger partial charge in [-0.05, 0) is 30.0 Å². The Balaban J connectivity index is 1.47. The molecule has 0 radical (unpaired) electrons. The van der Waals surface area contributed by atoms with E-state index in [9.17, 15) is 9.90 Å². The molecule has 4 heterocycles. The van der Waals surface area contributed by atoms with Gasteiger partial charge >= 0.3 is 6.09 Å². The lowest BCUT2D eigenvalue weighted by molar-refractivity contribution is 0.0747. The van der Waals surface area contributed by atoms with Gasteiger partial charge in [0.1, 0.15) is 12.1 Å². The van der Waals surface area contributed by atoms with Crippen LogP contribution in [0.1, 0.15) is 26.3 Å². The summed E-state index contributed by atoms with van der Waals surface area (Å²) in [7, 11) is 0. The Labute approximate surface area is 205 Å². The van der Waals surface area contributed by atoms with Gasteiger partial charge in [-0.3, -0.25) is 0 Å². The van der Waals surface area contributed by atoms with E-state index in [1.54, 1.807) is 11.2 Å². The van der Waals surface area contributed by atoms with Crippen molar-refractivity contribution in [3.63, 3.8) is 0 Å². The highest BCUT2D eigenvalue weighted by Gasteiger charge is 2.38. The van der Waals surface area contributed by atoms with E-state index in [1.165, 1.54) is 11.3 Å². The lowest BCUT2D eigenvalue weighted by atomic mass is 9.84. The van der Waals surface area contributed by atoms with Gasteiger partial charge in [-0.1, -0.05) is 20.8 Å². The van der Waals surface area contributed by atoms with Crippen molar-refractivity contribution in [3.8, 4) is 5.82 Å². The average Bonchev–Trinajstić information content (AvgIpc) is 3.26. The third kappa shape index (κ3) is 4.50. The van der Waals surface area contributed by atoms with Crippen molar-refractivity contribution < 1.29 is 14.6 Å². The van der Waals surface area contributed by atoms with E-state index in [0.29, 0.717) is 25.5 Å². The molecule has 0 aliphatic carbocycles. The molecule has 3 aromatic rings. The van der Waals surface area contributed by atoms with Gasteiger partial charge in [0.2, 0.25) is 0 Å². The molecule has 0 bridgehead atoms. The van der Waals surface area contributed by atoms with Gasteiger partial charge in [0.15, 0.2) is 5.82 Å². The van der Waals surface area contributed by atoms with Crippen LogP contribution in [-0.4, -0.2) is 87.8 Å². The van der Waals surface area contributed by atoms with Crippen LogP contribution in [0.4, 0.5) is 16.3 Å². The Morgan fingerprint density at radius 3 is 2.49 bits per heavy atom. The predicted octanol–water partition coefficient (Wildman–Crippen LogP) is 3.18. The van der Waals surface area contributed by atoms with Gasteiger partial charge in [-0.25, -0.2) is 19.4 Å². The fraction of sp³-hybridized carbons (Fsp3) is 0.520. The first-order valence-corrected chi connectivity index (χ1v) is 12.1. The Morgan fingerprint density at radius 2 is 1.77 bits per heavy atom. The summed E-state index contributed by atoms with van der Waals surface area (Å²) in [6.45, 7) is 13.2. The number of nitrogens with zero attached hydrogens (tertiary/aromatic N) is 7. The molecule has 2 aliphatic heterocycles. The first-order valence-electron chi connectivity index (χ1n) is 12.1. The summed E-state index contributed by atoms with van der Waals surface area (Å²) >= 11 is 0. The number of aryl methyl sites for hydroxylation is 1. The topological polar surface area (TPSA) is 99.9 Å². The zero-order valence-corrected chi connectivity index (χ0v) is 20.8. The molecule has 2 aliphatic rings. The van der Waals surface area contributed by atoms with Crippen molar-refractivity contribution in [2.45, 2.75) is 33.7 Å². The van der Waals surface area contributed by atoms with Crippen molar-refractivity contribution in [2.75, 3.05) is 55.7 Å². The van der Waals surface area contributed by atoms with E-state index in [1.807, 2.05) is 16.9 Å². The fourth-order valence-corrected chi connectivity index (χ4v) is 5.09. The van der Waals surface area contributed by atoms with Crippen LogP contribution >= 0.6 is 0 Å². The van der Waals surface area contributed by atoms with E-state index in [-0.39, 0.29) is 11.5 Å². The fourth-order valence-electron chi connectivity index (χ4n) is 5.09. The van der Waals surface area contributed by atoms with Crippen LogP contribution in [0.2, 0.25) is 0 Å². The number of hydrogen-bond donors (Lipinski definition) is 1. The summed E-state index contributed by atoms with van der Waals surface area (Å²) in [5.41, 5.74) is 3.20. The average molecular weight is 480 g/mol. The van der Waals surface area contributed by atoms with Gasteiger partial charge < -0.3 is 24.5 Å². The van der Waals surface area contributed by atoms with E-state index >= 15 is 0 Å². The highest BCUT2D eigenvalue weighted by Crippen LogP contribution is 2.31. The number of fused-ring (bicyclic) bond motifs is 1. The number of carboxylic acid groups (broad SMARTS) is 1. The number of morpholine rings is 1. The molecule has 2 aromatic heterocycles. The quantitative estimate of drug-likeness (QED) is 0.612. The van der Waals surface area contributed by atoms with E-state index in [0.717, 1.165) is 43.0 Å². The van der Waals surface area contributed by atoms with E-state index in [4.69, 9.17) is 4.74 Å². The van der Waals surface area contributed by atoms with Crippen LogP contribution in [-0.2, 0) is 4.74 Å². The van der Waals surface area contributed by atoms with E-state index in [2.05, 4.69) is 64.7 Å². The van der Waals surface area contributed by atoms with E-state index < -0.39 is 6.09 Å². The van der Waals surface area contributed by atoms with Crippen LogP contribution in [0.25, 0.3) is 16.7 Å². The zero-order chi connectivity index (χ0) is 24.7. The maximum Gasteiger partial charge on any atom is 0.407 e. The molecule has 1 aromatic carbocycles. The number of benzene rings is 1. The predicted molar refractivity (Wildman–Crippen MR) is 135 cm³/mol. The first kappa shape index (κ1) is 23.3. The Kier molecular flexibility index (Phi) is 6.00. The lowest BCUT2D eigenvalue weighted by Gasteiger charge is -2.46. The van der Waals surface area contributed by atoms with Gasteiger partial charge in [0, 0.05) is 49.9 Å².